The molecule has 2 aliphatic rings. The first-order chi connectivity index (χ1) is 15.3. The van der Waals surface area contributed by atoms with Gasteiger partial charge in [-0.3, -0.25) is 4.79 Å². The van der Waals surface area contributed by atoms with Gasteiger partial charge in [0.25, 0.3) is 0 Å². The van der Waals surface area contributed by atoms with E-state index in [0.29, 0.717) is 38.3 Å². The van der Waals surface area contributed by atoms with Crippen LogP contribution in [0.1, 0.15) is 36.8 Å². The number of amides is 1. The molecule has 32 heavy (non-hydrogen) atoms. The van der Waals surface area contributed by atoms with Crippen LogP contribution in [0.5, 0.6) is 0 Å². The van der Waals surface area contributed by atoms with Crippen molar-refractivity contribution >= 4 is 29.1 Å². The third-order valence-corrected chi connectivity index (χ3v) is 6.30. The van der Waals surface area contributed by atoms with Gasteiger partial charge in [0.05, 0.1) is 10.6 Å². The third-order valence-electron chi connectivity index (χ3n) is 6.02. The Morgan fingerprint density at radius 1 is 1.09 bits per heavy atom. The van der Waals surface area contributed by atoms with Crippen LogP contribution in [0.4, 0.5) is 24.8 Å². The summed E-state index contributed by atoms with van der Waals surface area (Å²) in [6.45, 7) is 3.47. The molecule has 2 aromatic heterocycles. The molecular weight excluding hydrogens is 443 g/mol. The Bertz CT molecular complexity index is 957. The lowest BCUT2D eigenvalue weighted by Crippen LogP contribution is -2.40. The first kappa shape index (κ1) is 22.6. The van der Waals surface area contributed by atoms with Crippen molar-refractivity contribution < 1.29 is 18.0 Å². The maximum atomic E-state index is 12.8. The van der Waals surface area contributed by atoms with Crippen LogP contribution in [-0.4, -0.2) is 42.1 Å². The van der Waals surface area contributed by atoms with Crippen molar-refractivity contribution in [3.63, 3.8) is 0 Å². The molecule has 0 aliphatic carbocycles. The lowest BCUT2D eigenvalue weighted by Gasteiger charge is -2.32. The third kappa shape index (κ3) is 5.26. The highest BCUT2D eigenvalue weighted by atomic mass is 35.5. The molecule has 4 heterocycles. The SMILES string of the molecule is O=C(NCc1ccnc(N2CCCC2)c1)C1CCN(c2ncc(C(F)(F)F)cc2Cl)CC1. The van der Waals surface area contributed by atoms with Gasteiger partial charge >= 0.3 is 6.18 Å². The molecule has 0 aromatic carbocycles. The zero-order valence-electron chi connectivity index (χ0n) is 17.5. The van der Waals surface area contributed by atoms with E-state index in [0.717, 1.165) is 36.7 Å². The van der Waals surface area contributed by atoms with Gasteiger partial charge in [-0.25, -0.2) is 9.97 Å². The largest absolute Gasteiger partial charge is 0.417 e. The molecule has 1 N–H and O–H groups in total. The van der Waals surface area contributed by atoms with Gasteiger partial charge in [-0.05, 0) is 49.4 Å². The molecule has 0 radical (unpaired) electrons. The van der Waals surface area contributed by atoms with Gasteiger partial charge in [0.15, 0.2) is 0 Å². The number of nitrogens with one attached hydrogen (secondary N) is 1. The second kappa shape index (κ2) is 9.52. The first-order valence-corrected chi connectivity index (χ1v) is 11.1. The van der Waals surface area contributed by atoms with Crippen LogP contribution in [0.3, 0.4) is 0 Å². The van der Waals surface area contributed by atoms with Crippen LogP contribution in [-0.2, 0) is 17.5 Å². The molecule has 172 valence electrons. The second-order valence-corrected chi connectivity index (χ2v) is 8.63. The number of hydrogen-bond donors (Lipinski definition) is 1. The number of aromatic nitrogens is 2. The van der Waals surface area contributed by atoms with E-state index >= 15 is 0 Å². The molecule has 6 nitrogen and oxygen atoms in total. The highest BCUT2D eigenvalue weighted by Gasteiger charge is 2.33. The van der Waals surface area contributed by atoms with Gasteiger partial charge in [-0.2, -0.15) is 13.2 Å². The zero-order chi connectivity index (χ0) is 22.7. The minimum absolute atomic E-state index is 0.0179. The lowest BCUT2D eigenvalue weighted by molar-refractivity contribution is -0.137. The smallest absolute Gasteiger partial charge is 0.357 e. The summed E-state index contributed by atoms with van der Waals surface area (Å²) < 4.78 is 38.4. The average molecular weight is 468 g/mol. The Morgan fingerprint density at radius 2 is 1.81 bits per heavy atom. The summed E-state index contributed by atoms with van der Waals surface area (Å²) in [5.74, 6) is 1.10. The maximum Gasteiger partial charge on any atom is 0.417 e. The highest BCUT2D eigenvalue weighted by molar-refractivity contribution is 6.33. The lowest BCUT2D eigenvalue weighted by atomic mass is 9.95. The summed E-state index contributed by atoms with van der Waals surface area (Å²) in [6.07, 6.45) is 1.60. The predicted octanol–water partition coefficient (Wildman–Crippen LogP) is 4.28. The molecule has 1 amide bonds. The van der Waals surface area contributed by atoms with Crippen LogP contribution >= 0.6 is 11.6 Å². The van der Waals surface area contributed by atoms with E-state index in [-0.39, 0.29) is 16.8 Å². The van der Waals surface area contributed by atoms with E-state index < -0.39 is 11.7 Å². The van der Waals surface area contributed by atoms with Gasteiger partial charge in [-0.1, -0.05) is 11.6 Å². The number of hydrogen-bond acceptors (Lipinski definition) is 5. The molecule has 0 spiro atoms. The first-order valence-electron chi connectivity index (χ1n) is 10.8. The van der Waals surface area contributed by atoms with Crippen LogP contribution in [0.25, 0.3) is 0 Å². The van der Waals surface area contributed by atoms with E-state index in [9.17, 15) is 18.0 Å². The van der Waals surface area contributed by atoms with Crippen LogP contribution in [0.15, 0.2) is 30.6 Å². The van der Waals surface area contributed by atoms with Crippen molar-refractivity contribution in [3.8, 4) is 0 Å². The minimum atomic E-state index is -4.48. The fourth-order valence-corrected chi connectivity index (χ4v) is 4.48. The summed E-state index contributed by atoms with van der Waals surface area (Å²) in [7, 11) is 0. The number of alkyl halides is 3. The van der Waals surface area contributed by atoms with E-state index in [4.69, 9.17) is 11.6 Å². The number of nitrogens with zero attached hydrogens (tertiary/aromatic N) is 4. The number of anilines is 2. The van der Waals surface area contributed by atoms with E-state index in [1.54, 1.807) is 6.20 Å². The summed E-state index contributed by atoms with van der Waals surface area (Å²) in [5, 5.41) is 2.97. The molecule has 2 aromatic rings. The second-order valence-electron chi connectivity index (χ2n) is 8.22. The van der Waals surface area contributed by atoms with Gasteiger partial charge in [-0.15, -0.1) is 0 Å². The molecular formula is C22H25ClF3N5O. The molecule has 0 unspecified atom stereocenters. The van der Waals surface area contributed by atoms with Crippen molar-refractivity contribution in [1.82, 2.24) is 15.3 Å². The van der Waals surface area contributed by atoms with Gasteiger partial charge < -0.3 is 15.1 Å². The van der Waals surface area contributed by atoms with E-state index in [2.05, 4.69) is 20.2 Å². The molecule has 2 aliphatic heterocycles. The topological polar surface area (TPSA) is 61.4 Å². The highest BCUT2D eigenvalue weighted by Crippen LogP contribution is 2.34. The van der Waals surface area contributed by atoms with Gasteiger partial charge in [0, 0.05) is 51.0 Å². The fourth-order valence-electron chi connectivity index (χ4n) is 4.20. The average Bonchev–Trinajstić information content (AvgIpc) is 3.32. The molecule has 2 fully saturated rings. The van der Waals surface area contributed by atoms with Crippen molar-refractivity contribution in [3.05, 3.63) is 46.7 Å². The van der Waals surface area contributed by atoms with E-state index in [1.165, 1.54) is 12.8 Å². The van der Waals surface area contributed by atoms with Crippen molar-refractivity contribution in [2.24, 2.45) is 5.92 Å². The van der Waals surface area contributed by atoms with Gasteiger partial charge in [0.2, 0.25) is 5.91 Å². The Morgan fingerprint density at radius 3 is 2.47 bits per heavy atom. The maximum absolute atomic E-state index is 12.8. The molecule has 0 saturated carbocycles. The van der Waals surface area contributed by atoms with Crippen LogP contribution < -0.4 is 15.1 Å². The Labute approximate surface area is 189 Å². The summed E-state index contributed by atoms with van der Waals surface area (Å²) in [5.41, 5.74) is 0.137. The minimum Gasteiger partial charge on any atom is -0.357 e. The Kier molecular flexibility index (Phi) is 6.74. The number of carbonyl (C=O) groups excluding carboxylic acids is 1. The van der Waals surface area contributed by atoms with Gasteiger partial charge in [0.1, 0.15) is 11.6 Å². The van der Waals surface area contributed by atoms with E-state index in [1.807, 2.05) is 17.0 Å². The fraction of sp³-hybridized carbons (Fsp3) is 0.500. The monoisotopic (exact) mass is 467 g/mol. The summed E-state index contributed by atoms with van der Waals surface area (Å²) in [6, 6.07) is 4.82. The number of piperidine rings is 1. The van der Waals surface area contributed by atoms with Crippen molar-refractivity contribution in [2.45, 2.75) is 38.4 Å². The zero-order valence-corrected chi connectivity index (χ0v) is 18.3. The predicted molar refractivity (Wildman–Crippen MR) is 117 cm³/mol. The molecule has 4 rings (SSSR count). The van der Waals surface area contributed by atoms with Crippen LogP contribution in [0.2, 0.25) is 5.02 Å². The van der Waals surface area contributed by atoms with Crippen molar-refractivity contribution in [2.75, 3.05) is 36.0 Å². The Balaban J connectivity index is 1.29. The number of pyridine rings is 2. The van der Waals surface area contributed by atoms with Crippen molar-refractivity contribution in [1.29, 1.82) is 0 Å². The number of rotatable bonds is 5. The quantitative estimate of drug-likeness (QED) is 0.711. The Hall–Kier alpha value is -2.55. The summed E-state index contributed by atoms with van der Waals surface area (Å²) >= 11 is 6.05. The standard InChI is InChI=1S/C22H25ClF3N5O/c23-18-12-17(22(24,25)26)14-28-20(18)31-9-4-16(5-10-31)21(32)29-13-15-3-6-27-19(11-15)30-7-1-2-8-30/h3,6,11-12,14,16H,1-2,4-5,7-10,13H2,(H,29,32). The molecule has 0 atom stereocenters. The molecule has 10 heteroatoms. The molecule has 2 saturated heterocycles. The summed E-state index contributed by atoms with van der Waals surface area (Å²) in [4.78, 5) is 25.1. The molecule has 0 bridgehead atoms. The normalized spacial score (nSPS) is 17.6. The number of halogens is 4. The number of carbonyl (C=O) groups is 1. The van der Waals surface area contributed by atoms with Crippen LogP contribution in [0, 0.1) is 5.92 Å².